The van der Waals surface area contributed by atoms with Crippen LogP contribution >= 0.6 is 23.4 Å². The first kappa shape index (κ1) is 9.96. The van der Waals surface area contributed by atoms with E-state index in [4.69, 9.17) is 11.6 Å². The predicted octanol–water partition coefficient (Wildman–Crippen LogP) is 1.77. The Balaban J connectivity index is 2.13. The Morgan fingerprint density at radius 2 is 2.43 bits per heavy atom. The molecule has 0 radical (unpaired) electrons. The highest BCUT2D eigenvalue weighted by molar-refractivity contribution is 8.15. The van der Waals surface area contributed by atoms with Gasteiger partial charge in [0.25, 0.3) is 0 Å². The summed E-state index contributed by atoms with van der Waals surface area (Å²) in [5.74, 6) is 0. The molecule has 0 amide bonds. The molecule has 1 aliphatic rings. The van der Waals surface area contributed by atoms with Gasteiger partial charge in [0.15, 0.2) is 0 Å². The summed E-state index contributed by atoms with van der Waals surface area (Å²) in [6, 6.07) is 3.73. The predicted molar refractivity (Wildman–Crippen MR) is 61.1 cm³/mol. The van der Waals surface area contributed by atoms with Gasteiger partial charge in [0, 0.05) is 11.8 Å². The van der Waals surface area contributed by atoms with Gasteiger partial charge in [-0.3, -0.25) is 4.99 Å². The number of rotatable bonds is 2. The first-order chi connectivity index (χ1) is 6.79. The van der Waals surface area contributed by atoms with E-state index in [-0.39, 0.29) is 0 Å². The number of aliphatic imine (C=N–C) groups is 1. The van der Waals surface area contributed by atoms with E-state index in [1.807, 2.05) is 13.1 Å². The van der Waals surface area contributed by atoms with Gasteiger partial charge in [-0.15, -0.1) is 0 Å². The third kappa shape index (κ3) is 2.08. The van der Waals surface area contributed by atoms with Crippen molar-refractivity contribution >= 4 is 28.4 Å². The van der Waals surface area contributed by atoms with Crippen LogP contribution in [-0.4, -0.2) is 29.0 Å². The maximum atomic E-state index is 5.70. The molecular formula is C9H10ClN3S. The van der Waals surface area contributed by atoms with E-state index in [0.717, 1.165) is 17.2 Å². The fraction of sp³-hybridized carbons (Fsp3) is 0.333. The number of likely N-dealkylation sites (N-methyl/N-ethyl adjacent to an activating group) is 1. The molecule has 5 heteroatoms. The van der Waals surface area contributed by atoms with Gasteiger partial charge in [-0.1, -0.05) is 23.4 Å². The van der Waals surface area contributed by atoms with Crippen molar-refractivity contribution in [3.05, 3.63) is 29.0 Å². The van der Waals surface area contributed by atoms with E-state index in [2.05, 4.69) is 15.3 Å². The van der Waals surface area contributed by atoms with E-state index in [9.17, 15) is 0 Å². The summed E-state index contributed by atoms with van der Waals surface area (Å²) in [6.07, 6.45) is 1.76. The van der Waals surface area contributed by atoms with Crippen LogP contribution in [-0.2, 0) is 0 Å². The first-order valence-electron chi connectivity index (χ1n) is 4.30. The molecule has 1 atom stereocenters. The number of nitrogens with one attached hydrogen (secondary N) is 1. The van der Waals surface area contributed by atoms with E-state index < -0.39 is 0 Å². The van der Waals surface area contributed by atoms with Crippen molar-refractivity contribution in [1.29, 1.82) is 0 Å². The van der Waals surface area contributed by atoms with Crippen LogP contribution in [0.25, 0.3) is 0 Å². The molecule has 0 fully saturated rings. The third-order valence-electron chi connectivity index (χ3n) is 1.95. The summed E-state index contributed by atoms with van der Waals surface area (Å²) in [6.45, 7) is 0.819. The van der Waals surface area contributed by atoms with Gasteiger partial charge in [-0.25, -0.2) is 4.98 Å². The minimum Gasteiger partial charge on any atom is -0.307 e. The summed E-state index contributed by atoms with van der Waals surface area (Å²) in [7, 11) is 1.94. The maximum absolute atomic E-state index is 5.70. The normalized spacial score (nSPS) is 21.0. The molecular weight excluding hydrogens is 218 g/mol. The topological polar surface area (TPSA) is 37.3 Å². The average molecular weight is 228 g/mol. The fourth-order valence-electron chi connectivity index (χ4n) is 1.19. The third-order valence-corrected chi connectivity index (χ3v) is 3.43. The number of hydrogen-bond donors (Lipinski definition) is 1. The smallest absolute Gasteiger partial charge is 0.129 e. The largest absolute Gasteiger partial charge is 0.307 e. The summed E-state index contributed by atoms with van der Waals surface area (Å²) in [5, 5.41) is 5.12. The van der Waals surface area contributed by atoms with Crippen molar-refractivity contribution in [3.63, 3.8) is 0 Å². The van der Waals surface area contributed by atoms with Gasteiger partial charge in [0.1, 0.15) is 10.2 Å². The minimum atomic E-state index is 0.390. The van der Waals surface area contributed by atoms with Crippen LogP contribution in [0.3, 0.4) is 0 Å². The maximum Gasteiger partial charge on any atom is 0.129 e. The van der Waals surface area contributed by atoms with Crippen molar-refractivity contribution in [2.75, 3.05) is 13.6 Å². The Morgan fingerprint density at radius 1 is 1.57 bits per heavy atom. The first-order valence-corrected chi connectivity index (χ1v) is 5.55. The molecule has 1 N–H and O–H groups in total. The average Bonchev–Trinajstić information content (AvgIpc) is 2.67. The van der Waals surface area contributed by atoms with Crippen LogP contribution in [0.15, 0.2) is 23.3 Å². The van der Waals surface area contributed by atoms with Gasteiger partial charge in [0.2, 0.25) is 0 Å². The molecule has 3 nitrogen and oxygen atoms in total. The summed E-state index contributed by atoms with van der Waals surface area (Å²) in [4.78, 5) is 8.45. The zero-order valence-corrected chi connectivity index (χ0v) is 9.27. The SMILES string of the molecule is CNC1CN=C(c2ccc(Cl)nc2)S1. The van der Waals surface area contributed by atoms with E-state index in [1.54, 1.807) is 24.0 Å². The molecule has 1 aliphatic heterocycles. The Morgan fingerprint density at radius 3 is 3.00 bits per heavy atom. The molecule has 14 heavy (non-hydrogen) atoms. The number of thioether (sulfide) groups is 1. The summed E-state index contributed by atoms with van der Waals surface area (Å²) >= 11 is 7.43. The molecule has 0 saturated carbocycles. The molecule has 0 saturated heterocycles. The van der Waals surface area contributed by atoms with Crippen LogP contribution in [0.4, 0.5) is 0 Å². The van der Waals surface area contributed by atoms with Crippen molar-refractivity contribution in [2.24, 2.45) is 4.99 Å². The molecule has 2 rings (SSSR count). The number of nitrogens with zero attached hydrogens (tertiary/aromatic N) is 2. The second-order valence-corrected chi connectivity index (χ2v) is 4.49. The molecule has 0 aromatic carbocycles. The van der Waals surface area contributed by atoms with Gasteiger partial charge >= 0.3 is 0 Å². The van der Waals surface area contributed by atoms with Gasteiger partial charge in [0.05, 0.1) is 11.9 Å². The fourth-order valence-corrected chi connectivity index (χ4v) is 2.24. The molecule has 0 spiro atoms. The van der Waals surface area contributed by atoms with Crippen molar-refractivity contribution in [1.82, 2.24) is 10.3 Å². The van der Waals surface area contributed by atoms with Crippen LogP contribution in [0, 0.1) is 0 Å². The zero-order valence-electron chi connectivity index (χ0n) is 7.70. The van der Waals surface area contributed by atoms with Crippen LogP contribution in [0.1, 0.15) is 5.56 Å². The highest BCUT2D eigenvalue weighted by Gasteiger charge is 2.18. The van der Waals surface area contributed by atoms with Gasteiger partial charge < -0.3 is 5.32 Å². The lowest BCUT2D eigenvalue weighted by Gasteiger charge is -2.05. The molecule has 74 valence electrons. The van der Waals surface area contributed by atoms with Gasteiger partial charge in [-0.05, 0) is 19.2 Å². The Hall–Kier alpha value is -0.580. The van der Waals surface area contributed by atoms with Crippen LogP contribution in [0.2, 0.25) is 5.15 Å². The second-order valence-electron chi connectivity index (χ2n) is 2.91. The van der Waals surface area contributed by atoms with Crippen LogP contribution < -0.4 is 5.32 Å². The lowest BCUT2D eigenvalue weighted by Crippen LogP contribution is -2.21. The Kier molecular flexibility index (Phi) is 3.05. The molecule has 0 bridgehead atoms. The summed E-state index contributed by atoms with van der Waals surface area (Å²) < 4.78 is 0. The minimum absolute atomic E-state index is 0.390. The van der Waals surface area contributed by atoms with Crippen molar-refractivity contribution in [3.8, 4) is 0 Å². The Bertz CT molecular complexity index is 350. The highest BCUT2D eigenvalue weighted by Crippen LogP contribution is 2.23. The number of pyridine rings is 1. The quantitative estimate of drug-likeness (QED) is 0.783. The molecule has 1 aromatic heterocycles. The molecule has 1 aromatic rings. The highest BCUT2D eigenvalue weighted by atomic mass is 35.5. The Labute approximate surface area is 92.0 Å². The number of aromatic nitrogens is 1. The van der Waals surface area contributed by atoms with Crippen molar-refractivity contribution < 1.29 is 0 Å². The van der Waals surface area contributed by atoms with Crippen LogP contribution in [0.5, 0.6) is 0 Å². The van der Waals surface area contributed by atoms with E-state index in [1.165, 1.54) is 0 Å². The van der Waals surface area contributed by atoms with Gasteiger partial charge in [-0.2, -0.15) is 0 Å². The number of halogens is 1. The lowest BCUT2D eigenvalue weighted by molar-refractivity contribution is 0.761. The van der Waals surface area contributed by atoms with E-state index >= 15 is 0 Å². The number of hydrogen-bond acceptors (Lipinski definition) is 4. The summed E-state index contributed by atoms with van der Waals surface area (Å²) in [5.41, 5.74) is 1.04. The molecule has 1 unspecified atom stereocenters. The lowest BCUT2D eigenvalue weighted by atomic mass is 10.3. The second kappa shape index (κ2) is 4.29. The van der Waals surface area contributed by atoms with E-state index in [0.29, 0.717) is 10.5 Å². The van der Waals surface area contributed by atoms with Crippen molar-refractivity contribution in [2.45, 2.75) is 5.37 Å². The molecule has 2 heterocycles. The zero-order chi connectivity index (χ0) is 9.97. The monoisotopic (exact) mass is 227 g/mol. The standard InChI is InChI=1S/C9H10ClN3S/c1-11-8-5-13-9(14-8)6-2-3-7(10)12-4-6/h2-4,8,11H,5H2,1H3. The molecule has 0 aliphatic carbocycles.